The number of nitrogens with one attached hydrogen (secondary N) is 1. The molecule has 1 fully saturated rings. The van der Waals surface area contributed by atoms with Gasteiger partial charge in [-0.2, -0.15) is 0 Å². The van der Waals surface area contributed by atoms with Gasteiger partial charge in [0.1, 0.15) is 0 Å². The van der Waals surface area contributed by atoms with Gasteiger partial charge in [0.25, 0.3) is 0 Å². The Balaban J connectivity index is 2.09. The fourth-order valence-electron chi connectivity index (χ4n) is 3.04. The summed E-state index contributed by atoms with van der Waals surface area (Å²) in [6.45, 7) is 5.68. The van der Waals surface area contributed by atoms with Crippen LogP contribution in [0.2, 0.25) is 0 Å². The van der Waals surface area contributed by atoms with Crippen molar-refractivity contribution in [3.05, 3.63) is 24.0 Å². The van der Waals surface area contributed by atoms with Crippen molar-refractivity contribution in [1.29, 1.82) is 0 Å². The second-order valence-electron chi connectivity index (χ2n) is 6.54. The molecule has 0 saturated heterocycles. The van der Waals surface area contributed by atoms with Crippen molar-refractivity contribution in [3.63, 3.8) is 0 Å². The van der Waals surface area contributed by atoms with E-state index in [4.69, 9.17) is 0 Å². The summed E-state index contributed by atoms with van der Waals surface area (Å²) in [4.78, 5) is 6.74. The molecule has 2 rings (SSSR count). The molecular weight excluding hydrogens is 234 g/mol. The van der Waals surface area contributed by atoms with Crippen LogP contribution in [0.15, 0.2) is 18.5 Å². The molecule has 0 radical (unpaired) electrons. The minimum atomic E-state index is 0.528. The highest BCUT2D eigenvalue weighted by Crippen LogP contribution is 2.38. The molecule has 0 spiro atoms. The lowest BCUT2D eigenvalue weighted by molar-refractivity contribution is 0.222. The minimum Gasteiger partial charge on any atom is -0.370 e. The van der Waals surface area contributed by atoms with E-state index >= 15 is 0 Å². The average Bonchev–Trinajstić information content (AvgIpc) is 2.39. The lowest BCUT2D eigenvalue weighted by atomic mass is 9.75. The predicted molar refractivity (Wildman–Crippen MR) is 81.4 cm³/mol. The highest BCUT2D eigenvalue weighted by Gasteiger charge is 2.29. The second kappa shape index (κ2) is 5.91. The van der Waals surface area contributed by atoms with Gasteiger partial charge < -0.3 is 10.2 Å². The van der Waals surface area contributed by atoms with Gasteiger partial charge in [0.05, 0.1) is 11.9 Å². The van der Waals surface area contributed by atoms with Gasteiger partial charge in [0.2, 0.25) is 0 Å². The predicted octanol–water partition coefficient (Wildman–Crippen LogP) is 3.21. The quantitative estimate of drug-likeness (QED) is 0.902. The molecule has 1 aromatic rings. The van der Waals surface area contributed by atoms with Crippen molar-refractivity contribution >= 4 is 5.69 Å². The minimum absolute atomic E-state index is 0.528. The molecule has 3 nitrogen and oxygen atoms in total. The van der Waals surface area contributed by atoms with E-state index in [1.165, 1.54) is 36.9 Å². The van der Waals surface area contributed by atoms with Crippen molar-refractivity contribution in [2.24, 2.45) is 5.41 Å². The van der Waals surface area contributed by atoms with E-state index in [2.05, 4.69) is 42.2 Å². The van der Waals surface area contributed by atoms with Crippen molar-refractivity contribution in [2.75, 3.05) is 19.0 Å². The summed E-state index contributed by atoms with van der Waals surface area (Å²) in [5, 5.41) is 3.24. The lowest BCUT2D eigenvalue weighted by Crippen LogP contribution is -2.37. The standard InChI is InChI=1S/C16H27N3/c1-16(2)8-5-14(6-9-16)19(4)15-12-18-10-7-13(15)11-17-3/h7,10,12,14,17H,5-6,8-9,11H2,1-4H3. The van der Waals surface area contributed by atoms with Crippen molar-refractivity contribution < 1.29 is 0 Å². The fraction of sp³-hybridized carbons (Fsp3) is 0.688. The Kier molecular flexibility index (Phi) is 4.46. The topological polar surface area (TPSA) is 28.2 Å². The maximum absolute atomic E-state index is 4.30. The molecule has 19 heavy (non-hydrogen) atoms. The van der Waals surface area contributed by atoms with Crippen LogP contribution in [-0.4, -0.2) is 25.1 Å². The van der Waals surface area contributed by atoms with Crippen LogP contribution in [0.25, 0.3) is 0 Å². The highest BCUT2D eigenvalue weighted by atomic mass is 15.1. The van der Waals surface area contributed by atoms with Crippen LogP contribution < -0.4 is 10.2 Å². The first kappa shape index (κ1) is 14.3. The Morgan fingerprint density at radius 3 is 2.68 bits per heavy atom. The molecule has 0 bridgehead atoms. The summed E-state index contributed by atoms with van der Waals surface area (Å²) in [5.74, 6) is 0. The maximum atomic E-state index is 4.30. The van der Waals surface area contributed by atoms with E-state index in [1.54, 1.807) is 0 Å². The molecule has 3 heteroatoms. The van der Waals surface area contributed by atoms with Crippen molar-refractivity contribution in [2.45, 2.75) is 52.1 Å². The summed E-state index contributed by atoms with van der Waals surface area (Å²) in [6.07, 6.45) is 9.11. The van der Waals surface area contributed by atoms with Gasteiger partial charge >= 0.3 is 0 Å². The lowest BCUT2D eigenvalue weighted by Gasteiger charge is -2.40. The molecular formula is C16H27N3. The molecule has 1 aliphatic carbocycles. The van der Waals surface area contributed by atoms with Crippen LogP contribution >= 0.6 is 0 Å². The zero-order valence-electron chi connectivity index (χ0n) is 12.7. The van der Waals surface area contributed by atoms with Crippen LogP contribution in [0.1, 0.15) is 45.1 Å². The zero-order valence-corrected chi connectivity index (χ0v) is 12.7. The highest BCUT2D eigenvalue weighted by molar-refractivity contribution is 5.52. The smallest absolute Gasteiger partial charge is 0.0598 e. The number of hydrogen-bond acceptors (Lipinski definition) is 3. The van der Waals surface area contributed by atoms with Crippen LogP contribution in [-0.2, 0) is 6.54 Å². The fourth-order valence-corrected chi connectivity index (χ4v) is 3.04. The molecule has 0 amide bonds. The summed E-state index contributed by atoms with van der Waals surface area (Å²) in [6, 6.07) is 2.78. The van der Waals surface area contributed by atoms with Gasteiger partial charge in [-0.05, 0) is 49.8 Å². The molecule has 1 N–H and O–H groups in total. The molecule has 1 saturated carbocycles. The van der Waals surface area contributed by atoms with Crippen LogP contribution in [0, 0.1) is 5.41 Å². The molecule has 0 atom stereocenters. The first-order valence-corrected chi connectivity index (χ1v) is 7.34. The second-order valence-corrected chi connectivity index (χ2v) is 6.54. The first-order chi connectivity index (χ1) is 9.03. The van der Waals surface area contributed by atoms with Crippen LogP contribution in [0.5, 0.6) is 0 Å². The summed E-state index contributed by atoms with van der Waals surface area (Å²) < 4.78 is 0. The summed E-state index contributed by atoms with van der Waals surface area (Å²) >= 11 is 0. The van der Waals surface area contributed by atoms with E-state index in [-0.39, 0.29) is 0 Å². The van der Waals surface area contributed by atoms with E-state index in [0.29, 0.717) is 11.5 Å². The number of aromatic nitrogens is 1. The largest absolute Gasteiger partial charge is 0.370 e. The number of hydrogen-bond donors (Lipinski definition) is 1. The van der Waals surface area contributed by atoms with E-state index in [0.717, 1.165) is 6.54 Å². The third-order valence-electron chi connectivity index (χ3n) is 4.49. The van der Waals surface area contributed by atoms with Gasteiger partial charge in [-0.1, -0.05) is 13.8 Å². The molecule has 1 aliphatic rings. The Morgan fingerprint density at radius 1 is 1.37 bits per heavy atom. The van der Waals surface area contributed by atoms with Gasteiger partial charge in [-0.25, -0.2) is 0 Å². The zero-order chi connectivity index (χ0) is 13.9. The Labute approximate surface area is 117 Å². The SMILES string of the molecule is CNCc1ccncc1N(C)C1CCC(C)(C)CC1. The van der Waals surface area contributed by atoms with Crippen LogP contribution in [0.4, 0.5) is 5.69 Å². The Hall–Kier alpha value is -1.09. The normalized spacial score (nSPS) is 19.4. The molecule has 1 aromatic heterocycles. The Bertz CT molecular complexity index is 404. The van der Waals surface area contributed by atoms with E-state index < -0.39 is 0 Å². The van der Waals surface area contributed by atoms with E-state index in [1.807, 2.05) is 19.4 Å². The number of pyridine rings is 1. The van der Waals surface area contributed by atoms with Gasteiger partial charge in [-0.3, -0.25) is 4.98 Å². The Morgan fingerprint density at radius 2 is 2.05 bits per heavy atom. The molecule has 106 valence electrons. The van der Waals surface area contributed by atoms with Crippen LogP contribution in [0.3, 0.4) is 0 Å². The summed E-state index contributed by atoms with van der Waals surface area (Å²) in [5.41, 5.74) is 3.14. The number of rotatable bonds is 4. The van der Waals surface area contributed by atoms with Gasteiger partial charge in [0, 0.05) is 25.8 Å². The molecule has 1 heterocycles. The molecule has 0 unspecified atom stereocenters. The van der Waals surface area contributed by atoms with Gasteiger partial charge in [0.15, 0.2) is 0 Å². The summed E-state index contributed by atoms with van der Waals surface area (Å²) in [7, 11) is 4.21. The average molecular weight is 261 g/mol. The van der Waals surface area contributed by atoms with Crippen molar-refractivity contribution in [3.8, 4) is 0 Å². The monoisotopic (exact) mass is 261 g/mol. The number of nitrogens with zero attached hydrogens (tertiary/aromatic N) is 2. The third-order valence-corrected chi connectivity index (χ3v) is 4.49. The van der Waals surface area contributed by atoms with Gasteiger partial charge in [-0.15, -0.1) is 0 Å². The van der Waals surface area contributed by atoms with E-state index in [9.17, 15) is 0 Å². The number of anilines is 1. The molecule has 0 aliphatic heterocycles. The molecule has 0 aromatic carbocycles. The van der Waals surface area contributed by atoms with Crippen molar-refractivity contribution in [1.82, 2.24) is 10.3 Å². The third kappa shape index (κ3) is 3.47. The maximum Gasteiger partial charge on any atom is 0.0598 e. The first-order valence-electron chi connectivity index (χ1n) is 7.34.